The molecule has 0 aromatic heterocycles. The number of nitrogens with one attached hydrogen (secondary N) is 6. The van der Waals surface area contributed by atoms with Gasteiger partial charge in [-0.3, -0.25) is 24.0 Å². The van der Waals surface area contributed by atoms with Crippen LogP contribution in [0.15, 0.2) is 78.9 Å². The Labute approximate surface area is 465 Å². The molecule has 0 spiro atoms. The molecule has 3 rings (SSSR count). The van der Waals surface area contributed by atoms with Crippen LogP contribution in [0.2, 0.25) is 0 Å². The number of hydrogen-bond donors (Lipinski definition) is 7. The third-order valence-corrected chi connectivity index (χ3v) is 12.1. The highest BCUT2D eigenvalue weighted by molar-refractivity contribution is 5.97. The van der Waals surface area contributed by atoms with Gasteiger partial charge in [0.1, 0.15) is 37.0 Å². The summed E-state index contributed by atoms with van der Waals surface area (Å²) in [6.07, 6.45) is 0.719. The SMILES string of the molecule is CC(C[C@H](Cc1ccc(O)c(NC(=O)[C@H](CCCCNC(=O)CCOCCOCCNC(=O)CCOCCOCCNC(=O)CC(=O)OCc2ccccc2)NC(=O)OCc2ccccc2)c1)NC(=O)OC(C)(C)C)C(C)(C)C. The number of hydrogen-bond acceptors (Lipinski definition) is 15. The lowest BCUT2D eigenvalue weighted by Crippen LogP contribution is -2.44. The molecular weight excluding hydrogens is 1020 g/mol. The van der Waals surface area contributed by atoms with Crippen molar-refractivity contribution in [2.75, 3.05) is 77.8 Å². The summed E-state index contributed by atoms with van der Waals surface area (Å²) < 4.78 is 37.9. The van der Waals surface area contributed by atoms with Crippen molar-refractivity contribution >= 4 is 47.5 Å². The Bertz CT molecular complexity index is 2290. The molecule has 0 aliphatic rings. The van der Waals surface area contributed by atoms with Crippen molar-refractivity contribution in [1.82, 2.24) is 26.6 Å². The van der Waals surface area contributed by atoms with Crippen LogP contribution < -0.4 is 31.9 Å². The Hall–Kier alpha value is -6.81. The monoisotopic (exact) mass is 1110 g/mol. The standard InChI is InChI=1S/C58H86N6O15/c1-42(57(2,3)4)36-46(62-56(72)79-58(5,6)7)37-45-21-22-49(65)48(38-45)63-54(70)47(64-55(71)78-41-44-18-12-9-13-19-44)20-14-15-25-59-50(66)23-28-73-32-34-75-30-26-60-51(67)24-29-74-33-35-76-31-27-61-52(68)39-53(69)77-40-43-16-10-8-11-17-43/h8-13,16-19,21-22,38,42,46-47,65H,14-15,20,23-37,39-41H2,1-7H3,(H,59,66)(H,60,67)(H,61,68)(H,62,72)(H,63,70)(H,64,71)/t42?,46-,47+/m1/s1. The van der Waals surface area contributed by atoms with E-state index in [-0.39, 0.29) is 139 Å². The van der Waals surface area contributed by atoms with E-state index in [1.165, 1.54) is 6.07 Å². The second-order valence-electron chi connectivity index (χ2n) is 21.0. The van der Waals surface area contributed by atoms with E-state index < -0.39 is 41.6 Å². The van der Waals surface area contributed by atoms with Crippen molar-refractivity contribution in [1.29, 1.82) is 0 Å². The van der Waals surface area contributed by atoms with Gasteiger partial charge < -0.3 is 70.2 Å². The number of esters is 1. The van der Waals surface area contributed by atoms with Gasteiger partial charge in [-0.1, -0.05) is 94.4 Å². The molecule has 21 nitrogen and oxygen atoms in total. The minimum Gasteiger partial charge on any atom is -0.506 e. The van der Waals surface area contributed by atoms with Gasteiger partial charge in [-0.15, -0.1) is 0 Å². The van der Waals surface area contributed by atoms with Gasteiger partial charge in [0, 0.05) is 38.5 Å². The molecule has 3 aromatic rings. The van der Waals surface area contributed by atoms with Gasteiger partial charge in [0.2, 0.25) is 23.6 Å². The van der Waals surface area contributed by atoms with E-state index in [1.54, 1.807) is 32.9 Å². The number of anilines is 1. The van der Waals surface area contributed by atoms with Gasteiger partial charge in [0.05, 0.1) is 58.5 Å². The van der Waals surface area contributed by atoms with Crippen LogP contribution in [0.3, 0.4) is 0 Å². The Morgan fingerprint density at radius 3 is 1.66 bits per heavy atom. The van der Waals surface area contributed by atoms with Gasteiger partial charge in [0.25, 0.3) is 0 Å². The molecular formula is C58H86N6O15. The van der Waals surface area contributed by atoms with Crippen molar-refractivity contribution in [3.05, 3.63) is 95.6 Å². The largest absolute Gasteiger partial charge is 0.506 e. The van der Waals surface area contributed by atoms with Crippen LogP contribution in [0.5, 0.6) is 5.75 Å². The third-order valence-electron chi connectivity index (χ3n) is 12.1. The van der Waals surface area contributed by atoms with Crippen LogP contribution >= 0.6 is 0 Å². The molecule has 7 N–H and O–H groups in total. The van der Waals surface area contributed by atoms with Gasteiger partial charge >= 0.3 is 18.2 Å². The van der Waals surface area contributed by atoms with E-state index in [9.17, 15) is 38.7 Å². The Balaban J connectivity index is 1.29. The molecule has 1 unspecified atom stereocenters. The van der Waals surface area contributed by atoms with Crippen LogP contribution in [0.1, 0.15) is 110 Å². The van der Waals surface area contributed by atoms with Crippen molar-refractivity contribution in [2.45, 2.75) is 131 Å². The number of carbonyl (C=O) groups is 7. The lowest BCUT2D eigenvalue weighted by Gasteiger charge is -2.32. The number of carbonyl (C=O) groups excluding carboxylic acids is 7. The second-order valence-corrected chi connectivity index (χ2v) is 21.0. The van der Waals surface area contributed by atoms with E-state index >= 15 is 0 Å². The van der Waals surface area contributed by atoms with Crippen LogP contribution in [-0.2, 0) is 76.8 Å². The molecule has 3 atom stereocenters. The zero-order valence-corrected chi connectivity index (χ0v) is 47.2. The predicted molar refractivity (Wildman–Crippen MR) is 297 cm³/mol. The van der Waals surface area contributed by atoms with Crippen molar-refractivity contribution in [2.24, 2.45) is 11.3 Å². The zero-order valence-electron chi connectivity index (χ0n) is 47.2. The van der Waals surface area contributed by atoms with Gasteiger partial charge in [-0.2, -0.15) is 0 Å². The average Bonchev–Trinajstić information content (AvgIpc) is 3.39. The maximum atomic E-state index is 13.8. The summed E-state index contributed by atoms with van der Waals surface area (Å²) in [5.41, 5.74) is 1.76. The highest BCUT2D eigenvalue weighted by Crippen LogP contribution is 2.31. The number of benzene rings is 3. The van der Waals surface area contributed by atoms with E-state index in [0.29, 0.717) is 38.8 Å². The minimum absolute atomic E-state index is 0.00890. The third kappa shape index (κ3) is 32.0. The van der Waals surface area contributed by atoms with E-state index in [1.807, 2.05) is 60.7 Å². The highest BCUT2D eigenvalue weighted by Gasteiger charge is 2.28. The number of unbranched alkanes of at least 4 members (excludes halogenated alkanes) is 1. The molecule has 3 aromatic carbocycles. The Morgan fingerprint density at radius 2 is 1.10 bits per heavy atom. The molecule has 0 saturated heterocycles. The molecule has 0 radical (unpaired) electrons. The van der Waals surface area contributed by atoms with Crippen molar-refractivity contribution < 1.29 is 71.8 Å². The van der Waals surface area contributed by atoms with Crippen LogP contribution in [0.4, 0.5) is 15.3 Å². The fraction of sp³-hybridized carbons (Fsp3) is 0.569. The normalized spacial score (nSPS) is 12.5. The topological polar surface area (TPSA) is 277 Å². The quantitative estimate of drug-likeness (QED) is 0.0105. The molecule has 6 amide bonds. The van der Waals surface area contributed by atoms with Crippen LogP contribution in [0.25, 0.3) is 0 Å². The average molecular weight is 1110 g/mol. The van der Waals surface area contributed by atoms with Crippen molar-refractivity contribution in [3.63, 3.8) is 0 Å². The van der Waals surface area contributed by atoms with Gasteiger partial charge in [-0.25, -0.2) is 9.59 Å². The summed E-state index contributed by atoms with van der Waals surface area (Å²) in [6.45, 7) is 16.8. The van der Waals surface area contributed by atoms with Gasteiger partial charge in [0.15, 0.2) is 0 Å². The summed E-state index contributed by atoms with van der Waals surface area (Å²) in [6, 6.07) is 21.8. The lowest BCUT2D eigenvalue weighted by atomic mass is 9.78. The number of phenols is 1. The number of ether oxygens (including phenoxy) is 7. The fourth-order valence-corrected chi connectivity index (χ4v) is 7.30. The smallest absolute Gasteiger partial charge is 0.408 e. The van der Waals surface area contributed by atoms with E-state index in [4.69, 9.17) is 33.2 Å². The number of amides is 6. The lowest BCUT2D eigenvalue weighted by molar-refractivity contribution is -0.147. The first-order chi connectivity index (χ1) is 37.7. The summed E-state index contributed by atoms with van der Waals surface area (Å²) in [4.78, 5) is 88.1. The van der Waals surface area contributed by atoms with Crippen LogP contribution in [-0.4, -0.2) is 137 Å². The molecule has 438 valence electrons. The summed E-state index contributed by atoms with van der Waals surface area (Å²) in [5, 5.41) is 27.5. The second kappa shape index (κ2) is 37.1. The number of aromatic hydroxyl groups is 1. The first-order valence-electron chi connectivity index (χ1n) is 27.1. The molecule has 79 heavy (non-hydrogen) atoms. The maximum absolute atomic E-state index is 13.8. The Kier molecular flexibility index (Phi) is 31.2. The Morgan fingerprint density at radius 1 is 0.570 bits per heavy atom. The summed E-state index contributed by atoms with van der Waals surface area (Å²) in [5.74, 6) is -2.03. The summed E-state index contributed by atoms with van der Waals surface area (Å²) in [7, 11) is 0. The van der Waals surface area contributed by atoms with Crippen molar-refractivity contribution in [3.8, 4) is 5.75 Å². The maximum Gasteiger partial charge on any atom is 0.408 e. The molecule has 0 fully saturated rings. The molecule has 0 saturated carbocycles. The molecule has 21 heteroatoms. The zero-order chi connectivity index (χ0) is 57.9. The number of alkyl carbamates (subject to hydrolysis) is 2. The van der Waals surface area contributed by atoms with E-state index in [2.05, 4.69) is 59.6 Å². The highest BCUT2D eigenvalue weighted by atomic mass is 16.6. The number of rotatable bonds is 37. The predicted octanol–water partition coefficient (Wildman–Crippen LogP) is 6.63. The molecule has 0 aliphatic carbocycles. The van der Waals surface area contributed by atoms with Crippen LogP contribution in [0, 0.1) is 11.3 Å². The van der Waals surface area contributed by atoms with Gasteiger partial charge in [-0.05, 0) is 93.0 Å². The number of phenolic OH excluding ortho intramolecular Hbond substituents is 1. The first-order valence-corrected chi connectivity index (χ1v) is 27.1. The fourth-order valence-electron chi connectivity index (χ4n) is 7.30. The molecule has 0 aliphatic heterocycles. The first kappa shape index (κ1) is 66.5. The van der Waals surface area contributed by atoms with E-state index in [0.717, 1.165) is 16.7 Å². The molecule has 0 heterocycles. The molecule has 0 bridgehead atoms. The summed E-state index contributed by atoms with van der Waals surface area (Å²) >= 11 is 0. The minimum atomic E-state index is -1.05.